The molecule has 1 aliphatic heterocycles. The molecule has 3 heterocycles. The summed E-state index contributed by atoms with van der Waals surface area (Å²) in [6.45, 7) is 3.18. The van der Waals surface area contributed by atoms with E-state index in [1.807, 2.05) is 0 Å². The van der Waals surface area contributed by atoms with Crippen LogP contribution < -0.4 is 5.32 Å². The van der Waals surface area contributed by atoms with Gasteiger partial charge in [0.15, 0.2) is 10.4 Å². The number of nitrogens with one attached hydrogen (secondary N) is 1. The Morgan fingerprint density at radius 2 is 2.05 bits per heavy atom. The van der Waals surface area contributed by atoms with E-state index in [0.29, 0.717) is 10.4 Å². The van der Waals surface area contributed by atoms with Gasteiger partial charge in [0.05, 0.1) is 0 Å². The van der Waals surface area contributed by atoms with Crippen LogP contribution in [0.2, 0.25) is 0 Å². The highest BCUT2D eigenvalue weighted by atomic mass is 79.9. The lowest BCUT2D eigenvalue weighted by molar-refractivity contribution is -0.130. The highest BCUT2D eigenvalue weighted by Gasteiger charge is 2.44. The second-order valence-electron chi connectivity index (χ2n) is 5.05. The molecular weight excluding hydrogens is 344 g/mol. The number of hydrogen-bond acceptors (Lipinski definition) is 6. The van der Waals surface area contributed by atoms with Crippen molar-refractivity contribution in [2.45, 2.75) is 25.9 Å². The lowest BCUT2D eigenvalue weighted by atomic mass is 10.1. The number of urea groups is 1. The van der Waals surface area contributed by atoms with Crippen LogP contribution in [-0.2, 0) is 11.3 Å². The fourth-order valence-electron chi connectivity index (χ4n) is 1.94. The molecule has 1 N–H and O–H groups in total. The number of carbonyl (C=O) groups is 2. The Morgan fingerprint density at radius 1 is 1.29 bits per heavy atom. The van der Waals surface area contributed by atoms with Crippen LogP contribution in [0.15, 0.2) is 25.6 Å². The zero-order chi connectivity index (χ0) is 15.2. The standard InChI is InChI=1S/C12H11BrN4O4/c1-12(2)10(18)17(11(19)14-12)5-8-15-16-9(21-8)6-3-4-7(13)20-6/h3-4H,5H2,1-2H3,(H,14,19). The molecular formula is C12H11BrN4O4. The van der Waals surface area contributed by atoms with Crippen LogP contribution in [0.4, 0.5) is 4.79 Å². The van der Waals surface area contributed by atoms with Crippen LogP contribution in [0.5, 0.6) is 0 Å². The third-order valence-corrected chi connectivity index (χ3v) is 3.41. The summed E-state index contributed by atoms with van der Waals surface area (Å²) in [5.74, 6) is 0.395. The minimum Gasteiger partial charge on any atom is -0.444 e. The number of imide groups is 1. The van der Waals surface area contributed by atoms with Crippen molar-refractivity contribution < 1.29 is 18.4 Å². The van der Waals surface area contributed by atoms with E-state index >= 15 is 0 Å². The van der Waals surface area contributed by atoms with Gasteiger partial charge in [0.2, 0.25) is 5.89 Å². The van der Waals surface area contributed by atoms with Crippen molar-refractivity contribution in [1.29, 1.82) is 0 Å². The van der Waals surface area contributed by atoms with Gasteiger partial charge in [-0.15, -0.1) is 10.2 Å². The maximum atomic E-state index is 12.0. The van der Waals surface area contributed by atoms with E-state index in [4.69, 9.17) is 8.83 Å². The molecule has 1 saturated heterocycles. The zero-order valence-electron chi connectivity index (χ0n) is 11.2. The predicted octanol–water partition coefficient (Wildman–Crippen LogP) is 1.92. The van der Waals surface area contributed by atoms with Gasteiger partial charge < -0.3 is 14.2 Å². The molecule has 8 nitrogen and oxygen atoms in total. The van der Waals surface area contributed by atoms with Crippen LogP contribution >= 0.6 is 15.9 Å². The smallest absolute Gasteiger partial charge is 0.325 e. The number of aromatic nitrogens is 2. The quantitative estimate of drug-likeness (QED) is 0.844. The van der Waals surface area contributed by atoms with Gasteiger partial charge in [0.1, 0.15) is 12.1 Å². The van der Waals surface area contributed by atoms with Gasteiger partial charge in [-0.1, -0.05) is 0 Å². The molecule has 0 radical (unpaired) electrons. The molecule has 0 aliphatic carbocycles. The number of amides is 3. The Balaban J connectivity index is 1.79. The second-order valence-corrected chi connectivity index (χ2v) is 5.83. The summed E-state index contributed by atoms with van der Waals surface area (Å²) in [4.78, 5) is 24.9. The lowest BCUT2D eigenvalue weighted by Gasteiger charge is -2.14. The first-order valence-corrected chi connectivity index (χ1v) is 6.88. The Bertz CT molecular complexity index is 720. The van der Waals surface area contributed by atoms with Crippen LogP contribution in [0.3, 0.4) is 0 Å². The van der Waals surface area contributed by atoms with E-state index in [1.165, 1.54) is 0 Å². The van der Waals surface area contributed by atoms with Crippen molar-refractivity contribution in [2.75, 3.05) is 0 Å². The molecule has 0 atom stereocenters. The summed E-state index contributed by atoms with van der Waals surface area (Å²) in [7, 11) is 0. The molecule has 0 spiro atoms. The number of nitrogens with zero attached hydrogens (tertiary/aromatic N) is 3. The first-order chi connectivity index (χ1) is 9.87. The summed E-state index contributed by atoms with van der Waals surface area (Å²) in [5.41, 5.74) is -0.925. The van der Waals surface area contributed by atoms with Gasteiger partial charge in [-0.05, 0) is 41.9 Å². The average Bonchev–Trinajstić information content (AvgIpc) is 3.06. The fourth-order valence-corrected chi connectivity index (χ4v) is 2.25. The third-order valence-electron chi connectivity index (χ3n) is 2.99. The summed E-state index contributed by atoms with van der Waals surface area (Å²) in [5, 5.41) is 10.2. The number of hydrogen-bond donors (Lipinski definition) is 1. The molecule has 0 aromatic carbocycles. The van der Waals surface area contributed by atoms with Crippen molar-refractivity contribution in [1.82, 2.24) is 20.4 Å². The minimum absolute atomic E-state index is 0.0804. The van der Waals surface area contributed by atoms with Crippen LogP contribution in [0, 0.1) is 0 Å². The molecule has 21 heavy (non-hydrogen) atoms. The average molecular weight is 355 g/mol. The number of carbonyl (C=O) groups excluding carboxylic acids is 2. The number of furan rings is 1. The van der Waals surface area contributed by atoms with Crippen LogP contribution in [-0.4, -0.2) is 32.6 Å². The second kappa shape index (κ2) is 4.69. The minimum atomic E-state index is -0.925. The maximum Gasteiger partial charge on any atom is 0.325 e. The highest BCUT2D eigenvalue weighted by molar-refractivity contribution is 9.10. The molecule has 0 bridgehead atoms. The first kappa shape index (κ1) is 13.8. The van der Waals surface area contributed by atoms with Crippen molar-refractivity contribution in [3.8, 4) is 11.7 Å². The number of rotatable bonds is 3. The normalized spacial score (nSPS) is 17.4. The Hall–Kier alpha value is -2.16. The molecule has 1 aliphatic rings. The van der Waals surface area contributed by atoms with Gasteiger partial charge >= 0.3 is 6.03 Å². The van der Waals surface area contributed by atoms with Crippen molar-refractivity contribution >= 4 is 27.9 Å². The largest absolute Gasteiger partial charge is 0.444 e. The maximum absolute atomic E-state index is 12.0. The Labute approximate surface area is 127 Å². The van der Waals surface area contributed by atoms with E-state index in [-0.39, 0.29) is 24.2 Å². The van der Waals surface area contributed by atoms with Crippen LogP contribution in [0.25, 0.3) is 11.7 Å². The van der Waals surface area contributed by atoms with E-state index in [2.05, 4.69) is 31.4 Å². The van der Waals surface area contributed by atoms with Gasteiger partial charge in [0.25, 0.3) is 11.8 Å². The molecule has 9 heteroatoms. The molecule has 110 valence electrons. The van der Waals surface area contributed by atoms with E-state index in [0.717, 1.165) is 4.90 Å². The van der Waals surface area contributed by atoms with Crippen LogP contribution in [0.1, 0.15) is 19.7 Å². The molecule has 3 rings (SSSR count). The van der Waals surface area contributed by atoms with Crippen molar-refractivity contribution in [3.63, 3.8) is 0 Å². The summed E-state index contributed by atoms with van der Waals surface area (Å²) < 4.78 is 11.2. The predicted molar refractivity (Wildman–Crippen MR) is 72.9 cm³/mol. The third kappa shape index (κ3) is 2.44. The monoisotopic (exact) mass is 354 g/mol. The number of halogens is 1. The molecule has 0 unspecified atom stereocenters. The molecule has 3 amide bonds. The Kier molecular flexibility index (Phi) is 3.08. The van der Waals surface area contributed by atoms with E-state index < -0.39 is 11.6 Å². The van der Waals surface area contributed by atoms with E-state index in [9.17, 15) is 9.59 Å². The highest BCUT2D eigenvalue weighted by Crippen LogP contribution is 2.25. The zero-order valence-corrected chi connectivity index (χ0v) is 12.8. The Morgan fingerprint density at radius 3 is 2.62 bits per heavy atom. The van der Waals surface area contributed by atoms with Gasteiger partial charge in [0, 0.05) is 0 Å². The SMILES string of the molecule is CC1(C)NC(=O)N(Cc2nnc(-c3ccc(Br)o3)o2)C1=O. The topological polar surface area (TPSA) is 101 Å². The molecule has 0 saturated carbocycles. The first-order valence-electron chi connectivity index (χ1n) is 6.09. The molecule has 1 fully saturated rings. The summed E-state index contributed by atoms with van der Waals surface area (Å²) >= 11 is 3.17. The molecule has 2 aromatic rings. The van der Waals surface area contributed by atoms with E-state index in [1.54, 1.807) is 26.0 Å². The van der Waals surface area contributed by atoms with Gasteiger partial charge in [-0.25, -0.2) is 4.79 Å². The lowest BCUT2D eigenvalue weighted by Crippen LogP contribution is -2.40. The summed E-state index contributed by atoms with van der Waals surface area (Å²) in [6.07, 6.45) is 0. The van der Waals surface area contributed by atoms with Gasteiger partial charge in [-0.2, -0.15) is 0 Å². The van der Waals surface area contributed by atoms with Gasteiger partial charge in [-0.3, -0.25) is 9.69 Å². The van der Waals surface area contributed by atoms with Crippen molar-refractivity contribution in [2.24, 2.45) is 0 Å². The fraction of sp³-hybridized carbons (Fsp3) is 0.333. The summed E-state index contributed by atoms with van der Waals surface area (Å²) in [6, 6.07) is 2.88. The van der Waals surface area contributed by atoms with Crippen molar-refractivity contribution in [3.05, 3.63) is 22.7 Å². The molecule has 2 aromatic heterocycles.